The van der Waals surface area contributed by atoms with Gasteiger partial charge in [-0.3, -0.25) is 33.8 Å². The van der Waals surface area contributed by atoms with E-state index in [2.05, 4.69) is 38.2 Å². The van der Waals surface area contributed by atoms with Gasteiger partial charge in [0.05, 0.1) is 6.20 Å². The molecule has 5 atom stereocenters. The molecule has 0 aliphatic heterocycles. The van der Waals surface area contributed by atoms with Crippen LogP contribution in [-0.4, -0.2) is 63.1 Å². The van der Waals surface area contributed by atoms with Crippen LogP contribution in [0.3, 0.4) is 0 Å². The highest BCUT2D eigenvalue weighted by Crippen LogP contribution is 2.42. The molecule has 42 heavy (non-hydrogen) atoms. The van der Waals surface area contributed by atoms with Crippen molar-refractivity contribution < 1.29 is 24.0 Å². The number of likely N-dealkylation sites (N-methyl/N-ethyl adjacent to an activating group) is 1. The van der Waals surface area contributed by atoms with E-state index in [1.165, 1.54) is 61.4 Å². The number of amides is 4. The maximum atomic E-state index is 13.2. The maximum Gasteiger partial charge on any atom is 0.287 e. The second-order valence-corrected chi connectivity index (χ2v) is 11.1. The van der Waals surface area contributed by atoms with Crippen LogP contribution in [0.2, 0.25) is 0 Å². The molecule has 0 aromatic carbocycles. The van der Waals surface area contributed by atoms with E-state index in [0.29, 0.717) is 11.8 Å². The third kappa shape index (κ3) is 7.65. The van der Waals surface area contributed by atoms with Gasteiger partial charge in [0.25, 0.3) is 17.4 Å². The minimum Gasteiger partial charge on any atom is -0.353 e. The molecular weight excluding hydrogens is 542 g/mol. The average Bonchev–Trinajstić information content (AvgIpc) is 2.99. The van der Waals surface area contributed by atoms with E-state index in [9.17, 15) is 28.8 Å². The van der Waals surface area contributed by atoms with Gasteiger partial charge in [-0.25, -0.2) is 4.98 Å². The van der Waals surface area contributed by atoms with Crippen LogP contribution in [0.15, 0.2) is 41.7 Å². The smallest absolute Gasteiger partial charge is 0.287 e. The van der Waals surface area contributed by atoms with Gasteiger partial charge in [0.1, 0.15) is 24.0 Å². The predicted octanol–water partition coefficient (Wildman–Crippen LogP) is 0.802. The minimum atomic E-state index is -1.28. The van der Waals surface area contributed by atoms with E-state index in [0.717, 1.165) is 25.2 Å². The number of nitrogens with zero attached hydrogens (tertiary/aromatic N) is 3. The fourth-order valence-corrected chi connectivity index (χ4v) is 6.08. The van der Waals surface area contributed by atoms with Crippen LogP contribution in [0.5, 0.6) is 0 Å². The number of nitrogens with one attached hydrogen (secondary N) is 4. The summed E-state index contributed by atoms with van der Waals surface area (Å²) < 4.78 is 1.21. The highest BCUT2D eigenvalue weighted by atomic mass is 16.2. The molecule has 2 aromatic rings. The number of carbonyl (C=O) groups is 5. The first kappa shape index (κ1) is 30.5. The van der Waals surface area contributed by atoms with E-state index in [-0.39, 0.29) is 42.7 Å². The van der Waals surface area contributed by atoms with Gasteiger partial charge in [-0.1, -0.05) is 19.8 Å². The number of pyridine rings is 1. The predicted molar refractivity (Wildman–Crippen MR) is 152 cm³/mol. The second kappa shape index (κ2) is 14.0. The highest BCUT2D eigenvalue weighted by molar-refractivity contribution is 6.36. The fraction of sp³-hybridized carbons (Fsp3) is 0.517. The summed E-state index contributed by atoms with van der Waals surface area (Å²) in [5.41, 5.74) is -0.763. The van der Waals surface area contributed by atoms with Crippen LogP contribution in [0.4, 0.5) is 5.69 Å². The van der Waals surface area contributed by atoms with Crippen molar-refractivity contribution in [2.24, 2.45) is 17.8 Å². The number of hydrogen-bond donors (Lipinski definition) is 4. The minimum absolute atomic E-state index is 0.0583. The van der Waals surface area contributed by atoms with E-state index in [1.807, 2.05) is 0 Å². The monoisotopic (exact) mass is 579 g/mol. The summed E-state index contributed by atoms with van der Waals surface area (Å²) in [4.78, 5) is 83.5. The molecular formula is C29H37N7O6. The van der Waals surface area contributed by atoms with Crippen LogP contribution in [0, 0.1) is 17.8 Å². The highest BCUT2D eigenvalue weighted by Gasteiger charge is 2.38. The second-order valence-electron chi connectivity index (χ2n) is 11.1. The summed E-state index contributed by atoms with van der Waals surface area (Å²) in [7, 11) is 1.31. The van der Waals surface area contributed by atoms with Gasteiger partial charge in [-0.15, -0.1) is 0 Å². The lowest BCUT2D eigenvalue weighted by Gasteiger charge is -2.44. The van der Waals surface area contributed by atoms with E-state index in [1.54, 1.807) is 0 Å². The number of anilines is 1. The van der Waals surface area contributed by atoms with Gasteiger partial charge in [-0.2, -0.15) is 0 Å². The summed E-state index contributed by atoms with van der Waals surface area (Å²) >= 11 is 0. The normalized spacial score (nSPS) is 21.9. The van der Waals surface area contributed by atoms with Crippen LogP contribution < -0.4 is 26.8 Å². The Bertz CT molecular complexity index is 1380. The van der Waals surface area contributed by atoms with Gasteiger partial charge in [0, 0.05) is 38.1 Å². The summed E-state index contributed by atoms with van der Waals surface area (Å²) in [5, 5.41) is 10.4. The number of carbonyl (C=O) groups excluding carboxylic acids is 5. The lowest BCUT2D eigenvalue weighted by molar-refractivity contribution is -0.137. The lowest BCUT2D eigenvalue weighted by atomic mass is 9.65. The number of fused-ring (bicyclic) bond motifs is 2. The standard InChI is InChI=1S/C29H37N7O6/c1-17-13-18-5-3-6-19(14-18)25(17)35-24(38)16-36-12-4-7-21(29(36)42)34-26(39)20(8-9-23(37)28(41)30-2)33-27(40)22-15-31-10-11-32-22/h4,7,10-12,15,17-20,25H,3,5-6,8-9,13-14,16H2,1-2H3,(H,30,41)(H,33,40)(H,34,39)(H,35,38)/t17?,18?,19?,20-,25?/m0/s1. The van der Waals surface area contributed by atoms with E-state index < -0.39 is 35.1 Å². The Kier molecular flexibility index (Phi) is 10.2. The first-order chi connectivity index (χ1) is 20.2. The zero-order chi connectivity index (χ0) is 30.2. The molecule has 2 bridgehead atoms. The number of Topliss-reactive ketones (excluding diaryl/α,β-unsaturated/α-hetero) is 1. The summed E-state index contributed by atoms with van der Waals surface area (Å²) in [6.45, 7) is 1.95. The molecule has 4 rings (SSSR count). The van der Waals surface area contributed by atoms with Crippen LogP contribution in [-0.2, 0) is 25.7 Å². The van der Waals surface area contributed by atoms with E-state index in [4.69, 9.17) is 0 Å². The fourth-order valence-electron chi connectivity index (χ4n) is 6.08. The molecule has 13 heteroatoms. The molecule has 0 radical (unpaired) electrons. The van der Waals surface area contributed by atoms with Crippen molar-refractivity contribution >= 4 is 35.1 Å². The van der Waals surface area contributed by atoms with Gasteiger partial charge < -0.3 is 25.8 Å². The number of hydrogen-bond acceptors (Lipinski definition) is 8. The number of aromatic nitrogens is 3. The molecule has 224 valence electrons. The van der Waals surface area contributed by atoms with Crippen molar-refractivity contribution in [1.29, 1.82) is 0 Å². The molecule has 2 aliphatic carbocycles. The van der Waals surface area contributed by atoms with Crippen LogP contribution in [0.1, 0.15) is 62.4 Å². The Morgan fingerprint density at radius 2 is 1.93 bits per heavy atom. The van der Waals surface area contributed by atoms with Gasteiger partial charge in [0.2, 0.25) is 17.6 Å². The SMILES string of the molecule is CNC(=O)C(=O)CC[C@H](NC(=O)c1cnccn1)C(=O)Nc1cccn(CC(=O)NC2C(C)CC3CCCC2C3)c1=O. The van der Waals surface area contributed by atoms with Gasteiger partial charge in [0.15, 0.2) is 0 Å². The molecule has 2 saturated carbocycles. The quantitative estimate of drug-likeness (QED) is 0.282. The molecule has 2 fully saturated rings. The van der Waals surface area contributed by atoms with Crippen molar-refractivity contribution in [2.45, 2.75) is 70.5 Å². The Labute approximate surface area is 243 Å². The summed E-state index contributed by atoms with van der Waals surface area (Å²) in [6.07, 6.45) is 10.6. The van der Waals surface area contributed by atoms with Crippen molar-refractivity contribution in [3.05, 3.63) is 53.0 Å². The number of ketones is 1. The molecule has 13 nitrogen and oxygen atoms in total. The first-order valence-electron chi connectivity index (χ1n) is 14.3. The van der Waals surface area contributed by atoms with Crippen LogP contribution >= 0.6 is 0 Å². The zero-order valence-corrected chi connectivity index (χ0v) is 23.8. The third-order valence-corrected chi connectivity index (χ3v) is 8.13. The Hall–Kier alpha value is -4.42. The van der Waals surface area contributed by atoms with Crippen molar-refractivity contribution in [1.82, 2.24) is 30.5 Å². The molecule has 0 spiro atoms. The molecule has 2 aromatic heterocycles. The molecule has 2 heterocycles. The molecule has 4 amide bonds. The molecule has 2 aliphatic rings. The topological polar surface area (TPSA) is 181 Å². The third-order valence-electron chi connectivity index (χ3n) is 8.13. The average molecular weight is 580 g/mol. The summed E-state index contributed by atoms with van der Waals surface area (Å²) in [5.74, 6) is -1.84. The van der Waals surface area contributed by atoms with E-state index >= 15 is 0 Å². The Morgan fingerprint density at radius 3 is 2.67 bits per heavy atom. The maximum absolute atomic E-state index is 13.2. The largest absolute Gasteiger partial charge is 0.353 e. The zero-order valence-electron chi connectivity index (χ0n) is 23.8. The first-order valence-corrected chi connectivity index (χ1v) is 14.3. The van der Waals surface area contributed by atoms with Crippen molar-refractivity contribution in [2.75, 3.05) is 12.4 Å². The molecule has 4 unspecified atom stereocenters. The van der Waals surface area contributed by atoms with Crippen molar-refractivity contribution in [3.63, 3.8) is 0 Å². The molecule has 0 saturated heterocycles. The van der Waals surface area contributed by atoms with Crippen LogP contribution in [0.25, 0.3) is 0 Å². The Balaban J connectivity index is 1.43. The van der Waals surface area contributed by atoms with Gasteiger partial charge in [-0.05, 0) is 55.6 Å². The summed E-state index contributed by atoms with van der Waals surface area (Å²) in [6, 6.07) is 1.71. The Morgan fingerprint density at radius 1 is 1.12 bits per heavy atom. The van der Waals surface area contributed by atoms with Gasteiger partial charge >= 0.3 is 0 Å². The van der Waals surface area contributed by atoms with Crippen molar-refractivity contribution in [3.8, 4) is 0 Å². The number of rotatable bonds is 11. The molecule has 4 N–H and O–H groups in total. The lowest BCUT2D eigenvalue weighted by Crippen LogP contribution is -2.50.